The van der Waals surface area contributed by atoms with Crippen LogP contribution in [0.5, 0.6) is 5.75 Å². The second-order valence-electron chi connectivity index (χ2n) is 5.15. The minimum atomic E-state index is 0.214. The lowest BCUT2D eigenvalue weighted by Crippen LogP contribution is -2.38. The molecule has 0 saturated carbocycles. The van der Waals surface area contributed by atoms with Crippen LogP contribution in [0, 0.1) is 0 Å². The maximum atomic E-state index is 9.73. The van der Waals surface area contributed by atoms with Crippen LogP contribution in [0.1, 0.15) is 30.5 Å². The quantitative estimate of drug-likeness (QED) is 0.714. The van der Waals surface area contributed by atoms with Gasteiger partial charge in [-0.2, -0.15) is 0 Å². The second-order valence-corrected chi connectivity index (χ2v) is 5.56. The Morgan fingerprint density at radius 1 is 1.09 bits per heavy atom. The Balaban J connectivity index is 1.81. The van der Waals surface area contributed by atoms with Crippen molar-refractivity contribution in [3.63, 3.8) is 0 Å². The van der Waals surface area contributed by atoms with Gasteiger partial charge in [0.25, 0.3) is 0 Å². The first-order valence-electron chi connectivity index (χ1n) is 7.57. The molecular formula is C18H22N2OS. The van der Waals surface area contributed by atoms with Gasteiger partial charge in [-0.1, -0.05) is 55.5 Å². The van der Waals surface area contributed by atoms with Crippen molar-refractivity contribution in [1.29, 1.82) is 0 Å². The Morgan fingerprint density at radius 2 is 1.77 bits per heavy atom. The average molecular weight is 314 g/mol. The molecule has 0 amide bonds. The summed E-state index contributed by atoms with van der Waals surface area (Å²) in [5.74, 6) is 0.332. The molecule has 0 aliphatic rings. The van der Waals surface area contributed by atoms with Crippen molar-refractivity contribution in [1.82, 2.24) is 10.6 Å². The van der Waals surface area contributed by atoms with Crippen LogP contribution in [0.25, 0.3) is 0 Å². The predicted octanol–water partition coefficient (Wildman–Crippen LogP) is 3.55. The highest BCUT2D eigenvalue weighted by atomic mass is 32.1. The van der Waals surface area contributed by atoms with E-state index >= 15 is 0 Å². The van der Waals surface area contributed by atoms with Gasteiger partial charge in [0, 0.05) is 6.54 Å². The molecule has 0 unspecified atom stereocenters. The molecule has 0 aliphatic carbocycles. The fourth-order valence-electron chi connectivity index (χ4n) is 2.35. The summed E-state index contributed by atoms with van der Waals surface area (Å²) in [7, 11) is 0. The Kier molecular flexibility index (Phi) is 6.22. The molecule has 0 fully saturated rings. The van der Waals surface area contributed by atoms with Crippen LogP contribution in [0.4, 0.5) is 0 Å². The molecule has 2 rings (SSSR count). The summed E-state index contributed by atoms with van der Waals surface area (Å²) < 4.78 is 0. The molecule has 2 aromatic rings. The first kappa shape index (κ1) is 16.3. The van der Waals surface area contributed by atoms with Gasteiger partial charge >= 0.3 is 0 Å². The van der Waals surface area contributed by atoms with Crippen molar-refractivity contribution in [2.75, 3.05) is 6.54 Å². The van der Waals surface area contributed by atoms with Crippen LogP contribution >= 0.6 is 12.2 Å². The van der Waals surface area contributed by atoms with E-state index in [1.165, 1.54) is 5.56 Å². The number of aromatic hydroxyl groups is 1. The number of hydrogen-bond acceptors (Lipinski definition) is 2. The summed E-state index contributed by atoms with van der Waals surface area (Å²) in [5, 5.41) is 16.9. The maximum absolute atomic E-state index is 9.73. The minimum absolute atomic E-state index is 0.214. The smallest absolute Gasteiger partial charge is 0.166 e. The third-order valence-electron chi connectivity index (χ3n) is 3.59. The summed E-state index contributed by atoms with van der Waals surface area (Å²) in [6.45, 7) is 2.82. The number of nitrogens with one attached hydrogen (secondary N) is 2. The molecule has 0 aliphatic heterocycles. The highest BCUT2D eigenvalue weighted by molar-refractivity contribution is 7.80. The van der Waals surface area contributed by atoms with Crippen LogP contribution in [0.2, 0.25) is 0 Å². The molecule has 2 aromatic carbocycles. The Bertz CT molecular complexity index is 601. The molecule has 0 radical (unpaired) electrons. The van der Waals surface area contributed by atoms with E-state index < -0.39 is 0 Å². The average Bonchev–Trinajstić information content (AvgIpc) is 2.55. The van der Waals surface area contributed by atoms with Gasteiger partial charge in [0.2, 0.25) is 0 Å². The molecule has 116 valence electrons. The Labute approximate surface area is 137 Å². The molecule has 0 spiro atoms. The molecule has 3 nitrogen and oxygen atoms in total. The molecule has 0 aromatic heterocycles. The largest absolute Gasteiger partial charge is 0.508 e. The lowest BCUT2D eigenvalue weighted by Gasteiger charge is -2.20. The molecule has 3 N–H and O–H groups in total. The van der Waals surface area contributed by atoms with Gasteiger partial charge in [-0.25, -0.2) is 0 Å². The minimum Gasteiger partial charge on any atom is -0.508 e. The van der Waals surface area contributed by atoms with Crippen molar-refractivity contribution in [2.24, 2.45) is 0 Å². The van der Waals surface area contributed by atoms with Gasteiger partial charge in [0.15, 0.2) is 5.11 Å². The summed E-state index contributed by atoms with van der Waals surface area (Å²) in [5.41, 5.74) is 2.16. The van der Waals surface area contributed by atoms with E-state index in [2.05, 4.69) is 29.7 Å². The number of thiocarbonyl (C=S) groups is 1. The van der Waals surface area contributed by atoms with E-state index in [0.717, 1.165) is 18.4 Å². The SMILES string of the molecule is CC[C@@H](NC(=S)NCCc1ccccc1O)c1ccccc1. The first-order chi connectivity index (χ1) is 10.7. The summed E-state index contributed by atoms with van der Waals surface area (Å²) in [4.78, 5) is 0. The van der Waals surface area contributed by atoms with Crippen LogP contribution in [-0.4, -0.2) is 16.8 Å². The zero-order valence-corrected chi connectivity index (χ0v) is 13.6. The van der Waals surface area contributed by atoms with Crippen molar-refractivity contribution in [3.8, 4) is 5.75 Å². The summed E-state index contributed by atoms with van der Waals surface area (Å²) >= 11 is 5.36. The number of para-hydroxylation sites is 1. The van der Waals surface area contributed by atoms with Crippen molar-refractivity contribution in [2.45, 2.75) is 25.8 Å². The zero-order valence-electron chi connectivity index (χ0n) is 12.8. The lowest BCUT2D eigenvalue weighted by molar-refractivity contribution is 0.467. The molecule has 0 heterocycles. The summed E-state index contributed by atoms with van der Waals surface area (Å²) in [6, 6.07) is 17.9. The van der Waals surface area contributed by atoms with E-state index in [4.69, 9.17) is 12.2 Å². The van der Waals surface area contributed by atoms with Gasteiger partial charge in [-0.15, -0.1) is 0 Å². The second kappa shape index (κ2) is 8.39. The number of phenolic OH excluding ortho intramolecular Hbond substituents is 1. The van der Waals surface area contributed by atoms with E-state index in [1.54, 1.807) is 6.07 Å². The fourth-order valence-corrected chi connectivity index (χ4v) is 2.59. The van der Waals surface area contributed by atoms with E-state index in [-0.39, 0.29) is 6.04 Å². The molecule has 0 saturated heterocycles. The van der Waals surface area contributed by atoms with Gasteiger partial charge in [0.1, 0.15) is 5.75 Å². The van der Waals surface area contributed by atoms with Crippen molar-refractivity contribution >= 4 is 17.3 Å². The normalized spacial score (nSPS) is 11.7. The Morgan fingerprint density at radius 3 is 2.45 bits per heavy atom. The number of benzene rings is 2. The number of hydrogen-bond donors (Lipinski definition) is 3. The van der Waals surface area contributed by atoms with E-state index in [0.29, 0.717) is 17.4 Å². The predicted molar refractivity (Wildman–Crippen MR) is 95.0 cm³/mol. The third-order valence-corrected chi connectivity index (χ3v) is 3.85. The van der Waals surface area contributed by atoms with E-state index in [1.807, 2.05) is 36.4 Å². The highest BCUT2D eigenvalue weighted by Gasteiger charge is 2.09. The number of phenols is 1. The van der Waals surface area contributed by atoms with E-state index in [9.17, 15) is 5.11 Å². The first-order valence-corrected chi connectivity index (χ1v) is 7.97. The highest BCUT2D eigenvalue weighted by Crippen LogP contribution is 2.16. The lowest BCUT2D eigenvalue weighted by atomic mass is 10.1. The van der Waals surface area contributed by atoms with Gasteiger partial charge < -0.3 is 15.7 Å². The molecule has 1 atom stereocenters. The standard InChI is InChI=1S/C18H22N2OS/c1-2-16(14-8-4-3-5-9-14)20-18(22)19-13-12-15-10-6-7-11-17(15)21/h3-11,16,21H,2,12-13H2,1H3,(H2,19,20,22)/t16-/m1/s1. The zero-order chi connectivity index (χ0) is 15.8. The van der Waals surface area contributed by atoms with Crippen LogP contribution in [0.15, 0.2) is 54.6 Å². The molecular weight excluding hydrogens is 292 g/mol. The summed E-state index contributed by atoms with van der Waals surface area (Å²) in [6.07, 6.45) is 1.70. The van der Waals surface area contributed by atoms with Crippen LogP contribution < -0.4 is 10.6 Å². The monoisotopic (exact) mass is 314 g/mol. The van der Waals surface area contributed by atoms with Gasteiger partial charge in [-0.05, 0) is 42.3 Å². The maximum Gasteiger partial charge on any atom is 0.166 e. The third kappa shape index (κ3) is 4.74. The van der Waals surface area contributed by atoms with Gasteiger partial charge in [-0.3, -0.25) is 0 Å². The topological polar surface area (TPSA) is 44.3 Å². The Hall–Kier alpha value is -2.07. The molecule has 22 heavy (non-hydrogen) atoms. The number of rotatable bonds is 6. The van der Waals surface area contributed by atoms with Crippen LogP contribution in [-0.2, 0) is 6.42 Å². The van der Waals surface area contributed by atoms with Crippen molar-refractivity contribution < 1.29 is 5.11 Å². The molecule has 0 bridgehead atoms. The molecule has 4 heteroatoms. The van der Waals surface area contributed by atoms with Crippen LogP contribution in [0.3, 0.4) is 0 Å². The fraction of sp³-hybridized carbons (Fsp3) is 0.278. The van der Waals surface area contributed by atoms with Gasteiger partial charge in [0.05, 0.1) is 6.04 Å². The van der Waals surface area contributed by atoms with Crippen molar-refractivity contribution in [3.05, 3.63) is 65.7 Å².